The number of thiophene rings is 1. The Labute approximate surface area is 108 Å². The van der Waals surface area contributed by atoms with E-state index in [-0.39, 0.29) is 0 Å². The summed E-state index contributed by atoms with van der Waals surface area (Å²) in [6, 6.07) is 8.24. The molecule has 0 fully saturated rings. The molecule has 0 spiro atoms. The van der Waals surface area contributed by atoms with Crippen LogP contribution in [0.15, 0.2) is 46.7 Å². The highest BCUT2D eigenvalue weighted by Gasteiger charge is 2.23. The predicted octanol–water partition coefficient (Wildman–Crippen LogP) is 2.54. The van der Waals surface area contributed by atoms with Crippen LogP contribution >= 0.6 is 11.3 Å². The average Bonchev–Trinajstić information content (AvgIpc) is 2.82. The molecule has 0 N–H and O–H groups in total. The van der Waals surface area contributed by atoms with Crippen LogP contribution < -0.4 is 0 Å². The minimum Gasteiger partial charge on any atom is -0.292 e. The molecule has 94 valence electrons. The molecule has 0 amide bonds. The molecule has 3 nitrogen and oxygen atoms in total. The number of hydrogen-bond donors (Lipinski definition) is 0. The minimum absolute atomic E-state index is 0.356. The van der Waals surface area contributed by atoms with E-state index >= 15 is 0 Å². The molecule has 0 aliphatic carbocycles. The van der Waals surface area contributed by atoms with Gasteiger partial charge in [-0.2, -0.15) is 0 Å². The highest BCUT2D eigenvalue weighted by Crippen LogP contribution is 2.18. The maximum Gasteiger partial charge on any atom is 0.188 e. The van der Waals surface area contributed by atoms with Gasteiger partial charge in [-0.3, -0.25) is 4.79 Å². The molecule has 0 saturated heterocycles. The largest absolute Gasteiger partial charge is 0.292 e. The van der Waals surface area contributed by atoms with Crippen LogP contribution in [0.4, 0.5) is 4.39 Å². The Balaban J connectivity index is 2.29. The molecule has 1 aromatic heterocycles. The van der Waals surface area contributed by atoms with Gasteiger partial charge in [0.1, 0.15) is 16.5 Å². The molecule has 0 bridgehead atoms. The summed E-state index contributed by atoms with van der Waals surface area (Å²) in [5, 5.41) is 1.68. The first-order chi connectivity index (χ1) is 8.50. The summed E-state index contributed by atoms with van der Waals surface area (Å²) in [6.07, 6.45) is 0. The van der Waals surface area contributed by atoms with E-state index in [1.54, 1.807) is 17.5 Å². The van der Waals surface area contributed by atoms with Crippen molar-refractivity contribution in [2.45, 2.75) is 4.90 Å². The van der Waals surface area contributed by atoms with E-state index in [1.165, 1.54) is 12.1 Å². The quantitative estimate of drug-likeness (QED) is 0.811. The van der Waals surface area contributed by atoms with Gasteiger partial charge in [0.05, 0.1) is 4.88 Å². The van der Waals surface area contributed by atoms with Gasteiger partial charge in [0, 0.05) is 0 Å². The van der Waals surface area contributed by atoms with Crippen LogP contribution in [0.2, 0.25) is 0 Å². The molecule has 6 heteroatoms. The van der Waals surface area contributed by atoms with E-state index < -0.39 is 32.1 Å². The number of carbonyl (C=O) groups excluding carboxylic acids is 1. The fourth-order valence-electron chi connectivity index (χ4n) is 1.46. The summed E-state index contributed by atoms with van der Waals surface area (Å²) in [6.45, 7) is 0. The van der Waals surface area contributed by atoms with Crippen molar-refractivity contribution in [3.05, 3.63) is 52.5 Å². The maximum atomic E-state index is 13.4. The van der Waals surface area contributed by atoms with Crippen molar-refractivity contribution in [3.8, 4) is 0 Å². The molecule has 0 atom stereocenters. The van der Waals surface area contributed by atoms with Gasteiger partial charge in [-0.15, -0.1) is 11.3 Å². The monoisotopic (exact) mass is 284 g/mol. The van der Waals surface area contributed by atoms with E-state index in [9.17, 15) is 17.6 Å². The second-order valence-electron chi connectivity index (χ2n) is 3.59. The lowest BCUT2D eigenvalue weighted by molar-refractivity contribution is 0.102. The van der Waals surface area contributed by atoms with Crippen molar-refractivity contribution in [2.75, 3.05) is 5.75 Å². The lowest BCUT2D eigenvalue weighted by atomic mass is 10.3. The van der Waals surface area contributed by atoms with Gasteiger partial charge < -0.3 is 0 Å². The summed E-state index contributed by atoms with van der Waals surface area (Å²) in [7, 11) is -3.93. The van der Waals surface area contributed by atoms with Crippen LogP contribution in [-0.4, -0.2) is 20.0 Å². The van der Waals surface area contributed by atoms with Gasteiger partial charge in [-0.05, 0) is 23.6 Å². The van der Waals surface area contributed by atoms with Gasteiger partial charge in [-0.1, -0.05) is 18.2 Å². The first kappa shape index (κ1) is 12.9. The number of benzene rings is 1. The Morgan fingerprint density at radius 1 is 1.17 bits per heavy atom. The summed E-state index contributed by atoms with van der Waals surface area (Å²) in [4.78, 5) is 11.6. The van der Waals surface area contributed by atoms with Crippen LogP contribution in [0.1, 0.15) is 9.67 Å². The number of sulfone groups is 1. The third-order valence-electron chi connectivity index (χ3n) is 2.29. The number of ketones is 1. The van der Waals surface area contributed by atoms with E-state index in [1.807, 2.05) is 0 Å². The van der Waals surface area contributed by atoms with Crippen LogP contribution in [0.5, 0.6) is 0 Å². The van der Waals surface area contributed by atoms with Crippen LogP contribution in [0.25, 0.3) is 0 Å². The number of carbonyl (C=O) groups is 1. The van der Waals surface area contributed by atoms with E-state index in [2.05, 4.69) is 0 Å². The number of rotatable bonds is 4. The zero-order valence-corrected chi connectivity index (χ0v) is 10.8. The lowest BCUT2D eigenvalue weighted by Crippen LogP contribution is -2.16. The smallest absolute Gasteiger partial charge is 0.188 e. The van der Waals surface area contributed by atoms with Gasteiger partial charge >= 0.3 is 0 Å². The first-order valence-electron chi connectivity index (χ1n) is 5.05. The Kier molecular flexibility index (Phi) is 3.58. The average molecular weight is 284 g/mol. The molecular formula is C12H9FO3S2. The highest BCUT2D eigenvalue weighted by atomic mass is 32.2. The molecule has 0 aliphatic heterocycles. The number of halogens is 1. The third kappa shape index (κ3) is 2.65. The molecule has 0 aliphatic rings. The second-order valence-corrected chi connectivity index (χ2v) is 6.50. The molecule has 1 aromatic carbocycles. The normalized spacial score (nSPS) is 11.4. The molecular weight excluding hydrogens is 275 g/mol. The predicted molar refractivity (Wildman–Crippen MR) is 67.1 cm³/mol. The molecule has 2 aromatic rings. The van der Waals surface area contributed by atoms with Crippen LogP contribution in [0, 0.1) is 5.82 Å². The van der Waals surface area contributed by atoms with E-state index in [0.717, 1.165) is 23.5 Å². The maximum absolute atomic E-state index is 13.4. The summed E-state index contributed by atoms with van der Waals surface area (Å²) in [5.41, 5.74) is 0. The summed E-state index contributed by atoms with van der Waals surface area (Å²) < 4.78 is 37.2. The molecule has 2 rings (SSSR count). The molecule has 18 heavy (non-hydrogen) atoms. The SMILES string of the molecule is O=C(CS(=O)(=O)c1ccccc1F)c1cccs1. The van der Waals surface area contributed by atoms with Crippen molar-refractivity contribution >= 4 is 27.0 Å². The Bertz CT molecular complexity index is 660. The summed E-state index contributed by atoms with van der Waals surface area (Å²) in [5.74, 6) is -2.07. The Hall–Kier alpha value is -1.53. The lowest BCUT2D eigenvalue weighted by Gasteiger charge is -2.03. The van der Waals surface area contributed by atoms with E-state index in [4.69, 9.17) is 0 Å². The third-order valence-corrected chi connectivity index (χ3v) is 4.84. The number of hydrogen-bond acceptors (Lipinski definition) is 4. The number of Topliss-reactive ketones (excluding diaryl/α,β-unsaturated/α-hetero) is 1. The zero-order chi connectivity index (χ0) is 13.2. The van der Waals surface area contributed by atoms with Crippen molar-refractivity contribution in [2.24, 2.45) is 0 Å². The fourth-order valence-corrected chi connectivity index (χ4v) is 3.52. The van der Waals surface area contributed by atoms with E-state index in [0.29, 0.717) is 4.88 Å². The van der Waals surface area contributed by atoms with Crippen molar-refractivity contribution in [1.29, 1.82) is 0 Å². The molecule has 0 radical (unpaired) electrons. The Morgan fingerprint density at radius 3 is 2.50 bits per heavy atom. The molecule has 0 saturated carbocycles. The van der Waals surface area contributed by atoms with Crippen LogP contribution in [-0.2, 0) is 9.84 Å². The fraction of sp³-hybridized carbons (Fsp3) is 0.0833. The summed E-state index contributed by atoms with van der Waals surface area (Å²) >= 11 is 1.16. The van der Waals surface area contributed by atoms with Crippen LogP contribution in [0.3, 0.4) is 0 Å². The van der Waals surface area contributed by atoms with Gasteiger partial charge in [0.25, 0.3) is 0 Å². The first-order valence-corrected chi connectivity index (χ1v) is 7.58. The van der Waals surface area contributed by atoms with Crippen molar-refractivity contribution in [1.82, 2.24) is 0 Å². The molecule has 0 unspecified atom stereocenters. The van der Waals surface area contributed by atoms with Crippen molar-refractivity contribution in [3.63, 3.8) is 0 Å². The Morgan fingerprint density at radius 2 is 1.89 bits per heavy atom. The molecule has 1 heterocycles. The second kappa shape index (κ2) is 4.99. The van der Waals surface area contributed by atoms with Crippen molar-refractivity contribution < 1.29 is 17.6 Å². The standard InChI is InChI=1S/C12H9FO3S2/c13-9-4-1-2-6-12(9)18(15,16)8-10(14)11-5-3-7-17-11/h1-7H,8H2. The zero-order valence-electron chi connectivity index (χ0n) is 9.17. The van der Waals surface area contributed by atoms with Gasteiger partial charge in [0.15, 0.2) is 15.6 Å². The topological polar surface area (TPSA) is 51.2 Å². The van der Waals surface area contributed by atoms with Gasteiger partial charge in [0.2, 0.25) is 0 Å². The highest BCUT2D eigenvalue weighted by molar-refractivity contribution is 7.92. The minimum atomic E-state index is -3.93. The van der Waals surface area contributed by atoms with Gasteiger partial charge in [-0.25, -0.2) is 12.8 Å².